The molecule has 4 rings (SSSR count). The Labute approximate surface area is 197 Å². The number of barbiturate groups is 1. The summed E-state index contributed by atoms with van der Waals surface area (Å²) in [6.07, 6.45) is 2.26. The number of hydrogen-bond acceptors (Lipinski definition) is 5. The van der Waals surface area contributed by atoms with Crippen molar-refractivity contribution in [3.8, 4) is 11.5 Å². The molecule has 34 heavy (non-hydrogen) atoms. The highest BCUT2D eigenvalue weighted by molar-refractivity contribution is 6.39. The molecule has 172 valence electrons. The van der Waals surface area contributed by atoms with Gasteiger partial charge >= 0.3 is 6.03 Å². The lowest BCUT2D eigenvalue weighted by Crippen LogP contribution is -2.54. The van der Waals surface area contributed by atoms with E-state index in [1.54, 1.807) is 30.3 Å². The van der Waals surface area contributed by atoms with Crippen molar-refractivity contribution in [3.05, 3.63) is 95.1 Å². The highest BCUT2D eigenvalue weighted by Crippen LogP contribution is 2.30. The summed E-state index contributed by atoms with van der Waals surface area (Å²) < 4.78 is 11.3. The van der Waals surface area contributed by atoms with E-state index in [-0.39, 0.29) is 5.57 Å². The Hall–Kier alpha value is -4.39. The summed E-state index contributed by atoms with van der Waals surface area (Å²) >= 11 is 0. The van der Waals surface area contributed by atoms with Gasteiger partial charge in [0.1, 0.15) is 12.2 Å². The number of hydrogen-bond donors (Lipinski definition) is 1. The number of amides is 4. The summed E-state index contributed by atoms with van der Waals surface area (Å²) in [4.78, 5) is 39.0. The largest absolute Gasteiger partial charge is 0.493 e. The first-order valence-corrected chi connectivity index (χ1v) is 10.9. The second kappa shape index (κ2) is 10.0. The third-order valence-corrected chi connectivity index (χ3v) is 5.44. The highest BCUT2D eigenvalue weighted by Gasteiger charge is 2.36. The molecule has 0 unspecified atom stereocenters. The van der Waals surface area contributed by atoms with Crippen LogP contribution in [0, 0.1) is 0 Å². The summed E-state index contributed by atoms with van der Waals surface area (Å²) in [5.74, 6) is -0.459. The van der Waals surface area contributed by atoms with E-state index < -0.39 is 17.8 Å². The number of nitrogens with zero attached hydrogens (tertiary/aromatic N) is 1. The second-order valence-electron chi connectivity index (χ2n) is 7.66. The van der Waals surface area contributed by atoms with Crippen molar-refractivity contribution in [2.45, 2.75) is 20.0 Å². The van der Waals surface area contributed by atoms with Gasteiger partial charge < -0.3 is 9.47 Å². The molecule has 1 aliphatic heterocycles. The summed E-state index contributed by atoms with van der Waals surface area (Å²) in [7, 11) is 1.51. The molecular formula is C27H24N2O5. The molecule has 7 nitrogen and oxygen atoms in total. The fraction of sp³-hybridized carbons (Fsp3) is 0.148. The van der Waals surface area contributed by atoms with Gasteiger partial charge in [-0.1, -0.05) is 55.5 Å². The van der Waals surface area contributed by atoms with Gasteiger partial charge in [-0.05, 0) is 53.5 Å². The average Bonchev–Trinajstić information content (AvgIpc) is 2.86. The van der Waals surface area contributed by atoms with Crippen molar-refractivity contribution in [2.24, 2.45) is 0 Å². The number of rotatable bonds is 7. The number of carbonyl (C=O) groups is 3. The number of nitrogens with one attached hydrogen (secondary N) is 1. The number of carbonyl (C=O) groups excluding carboxylic acids is 3. The molecule has 0 aromatic heterocycles. The first kappa shape index (κ1) is 22.8. The molecule has 3 aromatic carbocycles. The lowest BCUT2D eigenvalue weighted by molar-refractivity contribution is -0.122. The van der Waals surface area contributed by atoms with Crippen molar-refractivity contribution in [2.75, 3.05) is 12.0 Å². The molecule has 1 saturated heterocycles. The van der Waals surface area contributed by atoms with Crippen LogP contribution in [-0.4, -0.2) is 25.0 Å². The summed E-state index contributed by atoms with van der Waals surface area (Å²) in [6.45, 7) is 2.38. The fourth-order valence-electron chi connectivity index (χ4n) is 3.57. The van der Waals surface area contributed by atoms with E-state index in [1.165, 1.54) is 13.2 Å². The number of methoxy groups -OCH3 is 1. The van der Waals surface area contributed by atoms with E-state index in [0.29, 0.717) is 29.4 Å². The van der Waals surface area contributed by atoms with E-state index in [1.807, 2.05) is 49.4 Å². The number of ether oxygens (including phenoxy) is 2. The number of aryl methyl sites for hydroxylation is 1. The third-order valence-electron chi connectivity index (χ3n) is 5.44. The molecule has 4 amide bonds. The minimum atomic E-state index is -0.779. The van der Waals surface area contributed by atoms with Gasteiger partial charge in [-0.25, -0.2) is 9.69 Å². The predicted octanol–water partition coefficient (Wildman–Crippen LogP) is 4.50. The van der Waals surface area contributed by atoms with Crippen molar-refractivity contribution >= 4 is 29.6 Å². The lowest BCUT2D eigenvalue weighted by Gasteiger charge is -2.26. The SMILES string of the molecule is CCc1ccc(N2C(=O)NC(=O)/C(=C/c3ccc(OCc4ccccc4)c(OC)c3)C2=O)cc1. The molecule has 0 atom stereocenters. The summed E-state index contributed by atoms with van der Waals surface area (Å²) in [5.41, 5.74) is 2.87. The van der Waals surface area contributed by atoms with Crippen LogP contribution in [0.3, 0.4) is 0 Å². The highest BCUT2D eigenvalue weighted by atomic mass is 16.5. The van der Waals surface area contributed by atoms with E-state index in [9.17, 15) is 14.4 Å². The quantitative estimate of drug-likeness (QED) is 0.418. The first-order chi connectivity index (χ1) is 16.5. The molecule has 1 fully saturated rings. The van der Waals surface area contributed by atoms with Crippen molar-refractivity contribution in [1.29, 1.82) is 0 Å². The Kier molecular flexibility index (Phi) is 6.73. The molecular weight excluding hydrogens is 432 g/mol. The third kappa shape index (κ3) is 4.83. The molecule has 0 aliphatic carbocycles. The summed E-state index contributed by atoms with van der Waals surface area (Å²) in [6, 6.07) is 21.1. The Morgan fingerprint density at radius 1 is 0.882 bits per heavy atom. The first-order valence-electron chi connectivity index (χ1n) is 10.9. The van der Waals surface area contributed by atoms with Crippen molar-refractivity contribution in [1.82, 2.24) is 5.32 Å². The van der Waals surface area contributed by atoms with Gasteiger partial charge in [0.25, 0.3) is 11.8 Å². The van der Waals surface area contributed by atoms with Gasteiger partial charge in [-0.2, -0.15) is 0 Å². The number of urea groups is 1. The average molecular weight is 456 g/mol. The fourth-order valence-corrected chi connectivity index (χ4v) is 3.57. The lowest BCUT2D eigenvalue weighted by atomic mass is 10.1. The molecule has 0 spiro atoms. The van der Waals surface area contributed by atoms with Gasteiger partial charge in [0, 0.05) is 0 Å². The Balaban J connectivity index is 1.59. The monoisotopic (exact) mass is 456 g/mol. The molecule has 1 heterocycles. The standard InChI is InChI=1S/C27H24N2O5/c1-3-18-9-12-21(13-10-18)29-26(31)22(25(30)28-27(29)32)15-20-11-14-23(24(16-20)33-2)34-17-19-7-5-4-6-8-19/h4-16H,3,17H2,1-2H3,(H,28,30,32)/b22-15-. The number of imide groups is 2. The maximum absolute atomic E-state index is 13.1. The second-order valence-corrected chi connectivity index (χ2v) is 7.66. The Bertz CT molecular complexity index is 1250. The minimum Gasteiger partial charge on any atom is -0.493 e. The minimum absolute atomic E-state index is 0.154. The van der Waals surface area contributed by atoms with E-state index >= 15 is 0 Å². The van der Waals surface area contributed by atoms with Crippen LogP contribution in [0.15, 0.2) is 78.4 Å². The van der Waals surface area contributed by atoms with Crippen LogP contribution in [0.4, 0.5) is 10.5 Å². The molecule has 0 saturated carbocycles. The predicted molar refractivity (Wildman–Crippen MR) is 129 cm³/mol. The summed E-state index contributed by atoms with van der Waals surface area (Å²) in [5, 5.41) is 2.24. The zero-order valence-corrected chi connectivity index (χ0v) is 18.9. The van der Waals surface area contributed by atoms with Gasteiger partial charge in [0.2, 0.25) is 0 Å². The maximum atomic E-state index is 13.1. The van der Waals surface area contributed by atoms with Gasteiger partial charge in [0.05, 0.1) is 12.8 Å². The normalized spacial score (nSPS) is 14.8. The Morgan fingerprint density at radius 2 is 1.62 bits per heavy atom. The molecule has 1 aliphatic rings. The van der Waals surface area contributed by atoms with Gasteiger partial charge in [-0.3, -0.25) is 14.9 Å². The zero-order chi connectivity index (χ0) is 24.1. The van der Waals surface area contributed by atoms with Crippen LogP contribution in [0.1, 0.15) is 23.6 Å². The molecule has 0 radical (unpaired) electrons. The van der Waals surface area contributed by atoms with Gasteiger partial charge in [0.15, 0.2) is 11.5 Å². The molecule has 7 heteroatoms. The van der Waals surface area contributed by atoms with Crippen LogP contribution in [0.25, 0.3) is 6.08 Å². The molecule has 1 N–H and O–H groups in total. The van der Waals surface area contributed by atoms with Crippen LogP contribution in [-0.2, 0) is 22.6 Å². The topological polar surface area (TPSA) is 84.9 Å². The van der Waals surface area contributed by atoms with Crippen LogP contribution in [0.5, 0.6) is 11.5 Å². The molecule has 3 aromatic rings. The smallest absolute Gasteiger partial charge is 0.335 e. The molecule has 0 bridgehead atoms. The van der Waals surface area contributed by atoms with Crippen molar-refractivity contribution < 1.29 is 23.9 Å². The Morgan fingerprint density at radius 3 is 2.29 bits per heavy atom. The van der Waals surface area contributed by atoms with Crippen LogP contribution < -0.4 is 19.7 Å². The van der Waals surface area contributed by atoms with E-state index in [0.717, 1.165) is 22.4 Å². The van der Waals surface area contributed by atoms with Crippen LogP contribution >= 0.6 is 0 Å². The maximum Gasteiger partial charge on any atom is 0.335 e. The van der Waals surface area contributed by atoms with Gasteiger partial charge in [-0.15, -0.1) is 0 Å². The van der Waals surface area contributed by atoms with E-state index in [2.05, 4.69) is 5.32 Å². The van der Waals surface area contributed by atoms with E-state index in [4.69, 9.17) is 9.47 Å². The number of anilines is 1. The van der Waals surface area contributed by atoms with Crippen LogP contribution in [0.2, 0.25) is 0 Å². The zero-order valence-electron chi connectivity index (χ0n) is 18.9. The van der Waals surface area contributed by atoms with Crippen molar-refractivity contribution in [3.63, 3.8) is 0 Å². The number of benzene rings is 3.